The van der Waals surface area contributed by atoms with Crippen molar-refractivity contribution < 1.29 is 4.74 Å². The van der Waals surface area contributed by atoms with Crippen molar-refractivity contribution in [3.8, 4) is 0 Å². The average Bonchev–Trinajstić information content (AvgIpc) is 2.31. The van der Waals surface area contributed by atoms with Crippen LogP contribution in [0.3, 0.4) is 0 Å². The van der Waals surface area contributed by atoms with Crippen LogP contribution in [0.5, 0.6) is 0 Å². The molecule has 0 spiro atoms. The highest BCUT2D eigenvalue weighted by molar-refractivity contribution is 7.99. The third kappa shape index (κ3) is 4.24. The van der Waals surface area contributed by atoms with Crippen LogP contribution in [0.4, 0.5) is 0 Å². The van der Waals surface area contributed by atoms with Crippen LogP contribution in [0.1, 0.15) is 19.3 Å². The molecule has 0 aromatic rings. The molecule has 94 valence electrons. The Morgan fingerprint density at radius 3 is 3.00 bits per heavy atom. The lowest BCUT2D eigenvalue weighted by molar-refractivity contribution is -0.00229. The van der Waals surface area contributed by atoms with Crippen molar-refractivity contribution in [3.05, 3.63) is 0 Å². The van der Waals surface area contributed by atoms with Gasteiger partial charge in [-0.25, -0.2) is 0 Å². The minimum Gasteiger partial charge on any atom is -0.377 e. The molecule has 0 saturated carbocycles. The van der Waals surface area contributed by atoms with Gasteiger partial charge in [-0.3, -0.25) is 0 Å². The van der Waals surface area contributed by atoms with Crippen molar-refractivity contribution in [2.45, 2.75) is 31.4 Å². The fraction of sp³-hybridized carbons (Fsp3) is 1.00. The summed E-state index contributed by atoms with van der Waals surface area (Å²) >= 11 is 2.07. The first-order valence-electron chi connectivity index (χ1n) is 6.46. The highest BCUT2D eigenvalue weighted by atomic mass is 32.2. The van der Waals surface area contributed by atoms with Crippen LogP contribution in [0.15, 0.2) is 0 Å². The molecule has 0 aromatic carbocycles. The molecule has 4 heteroatoms. The zero-order chi connectivity index (χ0) is 11.2. The molecule has 0 aromatic heterocycles. The smallest absolute Gasteiger partial charge is 0.0701 e. The Morgan fingerprint density at radius 1 is 1.38 bits per heavy atom. The second-order valence-electron chi connectivity index (χ2n) is 4.94. The Hall–Kier alpha value is 0.230. The van der Waals surface area contributed by atoms with Gasteiger partial charge in [0.25, 0.3) is 0 Å². The van der Waals surface area contributed by atoms with Crippen molar-refractivity contribution in [1.29, 1.82) is 0 Å². The first-order valence-corrected chi connectivity index (χ1v) is 7.61. The molecule has 2 fully saturated rings. The predicted octanol–water partition coefficient (Wildman–Crippen LogP) is 1.19. The molecule has 0 radical (unpaired) electrons. The SMILES string of the molecule is CN(CC1CSCCN1)CC1CCCCO1. The van der Waals surface area contributed by atoms with Crippen molar-refractivity contribution in [2.24, 2.45) is 0 Å². The average molecular weight is 244 g/mol. The normalized spacial score (nSPS) is 31.9. The van der Waals surface area contributed by atoms with Gasteiger partial charge in [-0.05, 0) is 26.3 Å². The number of hydrogen-bond donors (Lipinski definition) is 1. The molecule has 0 aliphatic carbocycles. The van der Waals surface area contributed by atoms with E-state index in [9.17, 15) is 0 Å². The molecule has 2 heterocycles. The zero-order valence-corrected chi connectivity index (χ0v) is 11.1. The highest BCUT2D eigenvalue weighted by Crippen LogP contribution is 2.14. The second-order valence-corrected chi connectivity index (χ2v) is 6.09. The van der Waals surface area contributed by atoms with Crippen LogP contribution in [0.25, 0.3) is 0 Å². The molecule has 2 aliphatic rings. The quantitative estimate of drug-likeness (QED) is 0.803. The Kier molecular flexibility index (Phi) is 5.42. The molecule has 3 nitrogen and oxygen atoms in total. The number of rotatable bonds is 4. The van der Waals surface area contributed by atoms with Crippen molar-refractivity contribution in [1.82, 2.24) is 10.2 Å². The van der Waals surface area contributed by atoms with E-state index >= 15 is 0 Å². The number of thioether (sulfide) groups is 1. The summed E-state index contributed by atoms with van der Waals surface area (Å²) in [6, 6.07) is 0.673. The topological polar surface area (TPSA) is 24.5 Å². The van der Waals surface area contributed by atoms with E-state index < -0.39 is 0 Å². The van der Waals surface area contributed by atoms with Gasteiger partial charge >= 0.3 is 0 Å². The Labute approximate surface area is 103 Å². The van der Waals surface area contributed by atoms with Gasteiger partial charge in [0.2, 0.25) is 0 Å². The molecule has 2 atom stereocenters. The molecule has 1 N–H and O–H groups in total. The first-order chi connectivity index (χ1) is 7.84. The molecule has 2 aliphatic heterocycles. The van der Waals surface area contributed by atoms with Gasteiger partial charge in [0, 0.05) is 43.8 Å². The van der Waals surface area contributed by atoms with E-state index in [0.29, 0.717) is 12.1 Å². The van der Waals surface area contributed by atoms with Crippen LogP contribution >= 0.6 is 11.8 Å². The predicted molar refractivity (Wildman–Crippen MR) is 70.2 cm³/mol. The van der Waals surface area contributed by atoms with Crippen LogP contribution in [0, 0.1) is 0 Å². The lowest BCUT2D eigenvalue weighted by Crippen LogP contribution is -2.46. The van der Waals surface area contributed by atoms with Crippen LogP contribution in [-0.4, -0.2) is 61.8 Å². The lowest BCUT2D eigenvalue weighted by atomic mass is 10.1. The molecule has 2 unspecified atom stereocenters. The van der Waals surface area contributed by atoms with Gasteiger partial charge in [0.1, 0.15) is 0 Å². The van der Waals surface area contributed by atoms with Crippen molar-refractivity contribution >= 4 is 11.8 Å². The summed E-state index contributed by atoms with van der Waals surface area (Å²) in [4.78, 5) is 2.43. The summed E-state index contributed by atoms with van der Waals surface area (Å²) in [5.74, 6) is 2.53. The van der Waals surface area contributed by atoms with Gasteiger partial charge in [0.05, 0.1) is 6.10 Å². The summed E-state index contributed by atoms with van der Waals surface area (Å²) in [6.45, 7) is 4.40. The third-order valence-corrected chi connectivity index (χ3v) is 4.45. The number of nitrogens with zero attached hydrogens (tertiary/aromatic N) is 1. The second kappa shape index (κ2) is 6.84. The Bertz CT molecular complexity index is 171. The fourth-order valence-corrected chi connectivity index (χ4v) is 3.42. The number of hydrogen-bond acceptors (Lipinski definition) is 4. The van der Waals surface area contributed by atoms with Crippen LogP contribution in [0.2, 0.25) is 0 Å². The van der Waals surface area contributed by atoms with Gasteiger partial charge in [0.15, 0.2) is 0 Å². The molecule has 2 saturated heterocycles. The van der Waals surface area contributed by atoms with Crippen LogP contribution in [-0.2, 0) is 4.74 Å². The number of likely N-dealkylation sites (N-methyl/N-ethyl adjacent to an activating group) is 1. The van der Waals surface area contributed by atoms with E-state index in [2.05, 4.69) is 29.0 Å². The summed E-state index contributed by atoms with van der Waals surface area (Å²) < 4.78 is 5.77. The van der Waals surface area contributed by atoms with E-state index in [4.69, 9.17) is 4.74 Å². The molecule has 2 rings (SSSR count). The van der Waals surface area contributed by atoms with E-state index in [1.165, 1.54) is 37.3 Å². The Balaban J connectivity index is 1.64. The van der Waals surface area contributed by atoms with Crippen molar-refractivity contribution in [2.75, 3.05) is 44.8 Å². The van der Waals surface area contributed by atoms with Crippen LogP contribution < -0.4 is 5.32 Å². The standard InChI is InChI=1S/C12H24N2OS/c1-14(8-11-10-16-7-5-13-11)9-12-4-2-3-6-15-12/h11-13H,2-10H2,1H3. The monoisotopic (exact) mass is 244 g/mol. The van der Waals surface area contributed by atoms with Gasteiger partial charge in [-0.2, -0.15) is 11.8 Å². The lowest BCUT2D eigenvalue weighted by Gasteiger charge is -2.31. The van der Waals surface area contributed by atoms with Crippen molar-refractivity contribution in [3.63, 3.8) is 0 Å². The largest absolute Gasteiger partial charge is 0.377 e. The number of nitrogens with one attached hydrogen (secondary N) is 1. The van der Waals surface area contributed by atoms with E-state index in [0.717, 1.165) is 19.7 Å². The minimum atomic E-state index is 0.481. The van der Waals surface area contributed by atoms with Gasteiger partial charge in [-0.1, -0.05) is 0 Å². The third-order valence-electron chi connectivity index (χ3n) is 3.32. The molecule has 0 amide bonds. The van der Waals surface area contributed by atoms with Gasteiger partial charge < -0.3 is 15.0 Å². The fourth-order valence-electron chi connectivity index (χ4n) is 2.49. The maximum Gasteiger partial charge on any atom is 0.0701 e. The summed E-state index contributed by atoms with van der Waals surface area (Å²) in [5.41, 5.74) is 0. The molecule has 16 heavy (non-hydrogen) atoms. The Morgan fingerprint density at radius 2 is 2.31 bits per heavy atom. The maximum atomic E-state index is 5.77. The summed E-state index contributed by atoms with van der Waals surface area (Å²) in [6.07, 6.45) is 4.32. The highest BCUT2D eigenvalue weighted by Gasteiger charge is 2.19. The molecular formula is C12H24N2OS. The first kappa shape index (κ1) is 12.7. The zero-order valence-electron chi connectivity index (χ0n) is 10.3. The summed E-state index contributed by atoms with van der Waals surface area (Å²) in [7, 11) is 2.22. The minimum absolute atomic E-state index is 0.481. The molecular weight excluding hydrogens is 220 g/mol. The maximum absolute atomic E-state index is 5.77. The van der Waals surface area contributed by atoms with E-state index in [1.807, 2.05) is 0 Å². The van der Waals surface area contributed by atoms with Gasteiger partial charge in [-0.15, -0.1) is 0 Å². The van der Waals surface area contributed by atoms with E-state index in [1.54, 1.807) is 0 Å². The summed E-state index contributed by atoms with van der Waals surface area (Å²) in [5, 5.41) is 3.58. The van der Waals surface area contributed by atoms with E-state index in [-0.39, 0.29) is 0 Å². The molecule has 0 bridgehead atoms. The number of ether oxygens (including phenoxy) is 1.